The molecular weight excluding hydrogens is 360 g/mol. The number of carbonyl (C=O) groups excluding carboxylic acids is 1. The van der Waals surface area contributed by atoms with Crippen LogP contribution < -0.4 is 16.4 Å². The Morgan fingerprint density at radius 3 is 3.07 bits per heavy atom. The molecule has 0 bridgehead atoms. The minimum absolute atomic E-state index is 0.0962. The van der Waals surface area contributed by atoms with E-state index in [-0.39, 0.29) is 18.2 Å². The first kappa shape index (κ1) is 17.8. The molecule has 2 aromatic rings. The van der Waals surface area contributed by atoms with Crippen LogP contribution in [0, 0.1) is 0 Å². The predicted octanol–water partition coefficient (Wildman–Crippen LogP) is 1.94. The topological polar surface area (TPSA) is 110 Å². The van der Waals surface area contributed by atoms with Crippen molar-refractivity contribution >= 4 is 39.6 Å². The quantitative estimate of drug-likeness (QED) is 0.765. The molecule has 1 saturated heterocycles. The van der Waals surface area contributed by atoms with Gasteiger partial charge in [0, 0.05) is 61.0 Å². The number of piperidine rings is 1. The molecule has 0 aliphatic carbocycles. The van der Waals surface area contributed by atoms with Gasteiger partial charge in [-0.2, -0.15) is 0 Å². The lowest BCUT2D eigenvalue weighted by Gasteiger charge is -2.33. The zero-order valence-electron chi connectivity index (χ0n) is 15.0. The Hall–Kier alpha value is -2.58. The van der Waals surface area contributed by atoms with Gasteiger partial charge in [0.2, 0.25) is 0 Å². The van der Waals surface area contributed by atoms with E-state index in [2.05, 4.69) is 19.9 Å². The van der Waals surface area contributed by atoms with Crippen LogP contribution in [0.25, 0.3) is 5.57 Å². The molecule has 0 unspecified atom stereocenters. The molecule has 0 spiro atoms. The highest BCUT2D eigenvalue weighted by molar-refractivity contribution is 7.17. The summed E-state index contributed by atoms with van der Waals surface area (Å²) in [5, 5.41) is 1.19. The average molecular weight is 382 g/mol. The number of nitrogens with zero attached hydrogens (tertiary/aromatic N) is 4. The van der Waals surface area contributed by atoms with Gasteiger partial charge in [-0.25, -0.2) is 4.98 Å². The summed E-state index contributed by atoms with van der Waals surface area (Å²) in [6, 6.07) is 2.12. The molecule has 8 heteroatoms. The van der Waals surface area contributed by atoms with Gasteiger partial charge in [-0.15, -0.1) is 0 Å². The molecule has 2 aromatic heterocycles. The lowest BCUT2D eigenvalue weighted by Crippen LogP contribution is -2.43. The van der Waals surface area contributed by atoms with Crippen molar-refractivity contribution in [1.82, 2.24) is 9.97 Å². The van der Waals surface area contributed by atoms with E-state index in [1.165, 1.54) is 11.3 Å². The van der Waals surface area contributed by atoms with E-state index >= 15 is 0 Å². The van der Waals surface area contributed by atoms with E-state index < -0.39 is 0 Å². The first-order valence-corrected chi connectivity index (χ1v) is 9.86. The van der Waals surface area contributed by atoms with Gasteiger partial charge in [0.15, 0.2) is 5.78 Å². The van der Waals surface area contributed by atoms with Crippen molar-refractivity contribution in [1.29, 1.82) is 0 Å². The molecule has 2 aliphatic heterocycles. The SMILES string of the molecule is Nc1sc(C2=CCN=C2)nc1C(=O)Cc1cnccc1N1CCC[C@H](N)C1. The highest BCUT2D eigenvalue weighted by Crippen LogP contribution is 2.29. The number of pyridine rings is 1. The zero-order chi connectivity index (χ0) is 18.8. The van der Waals surface area contributed by atoms with Crippen LogP contribution in [0.15, 0.2) is 29.5 Å². The fourth-order valence-electron chi connectivity index (χ4n) is 3.50. The molecule has 2 aliphatic rings. The van der Waals surface area contributed by atoms with Gasteiger partial charge in [0.05, 0.1) is 6.54 Å². The molecule has 4 heterocycles. The van der Waals surface area contributed by atoms with E-state index in [9.17, 15) is 4.79 Å². The normalized spacial score (nSPS) is 19.4. The summed E-state index contributed by atoms with van der Waals surface area (Å²) in [6.45, 7) is 2.38. The van der Waals surface area contributed by atoms with Crippen molar-refractivity contribution in [2.45, 2.75) is 25.3 Å². The first-order chi connectivity index (χ1) is 13.1. The minimum atomic E-state index is -0.0962. The second kappa shape index (κ2) is 7.58. The highest BCUT2D eigenvalue weighted by Gasteiger charge is 2.23. The molecule has 0 amide bonds. The number of anilines is 2. The summed E-state index contributed by atoms with van der Waals surface area (Å²) in [5.41, 5.74) is 15.4. The molecule has 0 saturated carbocycles. The number of nitrogen functional groups attached to an aromatic ring is 1. The van der Waals surface area contributed by atoms with Crippen molar-refractivity contribution in [3.05, 3.63) is 40.8 Å². The summed E-state index contributed by atoms with van der Waals surface area (Å²) in [4.78, 5) is 28.0. The number of allylic oxidation sites excluding steroid dienone is 1. The second-order valence-corrected chi connectivity index (χ2v) is 7.87. The smallest absolute Gasteiger partial charge is 0.188 e. The maximum Gasteiger partial charge on any atom is 0.188 e. The molecule has 1 atom stereocenters. The maximum atomic E-state index is 12.9. The Balaban J connectivity index is 1.56. The predicted molar refractivity (Wildman–Crippen MR) is 110 cm³/mol. The minimum Gasteiger partial charge on any atom is -0.389 e. The number of thiazole rings is 1. The Morgan fingerprint density at radius 2 is 2.30 bits per heavy atom. The molecule has 0 aromatic carbocycles. The lowest BCUT2D eigenvalue weighted by molar-refractivity contribution is 0.0989. The highest BCUT2D eigenvalue weighted by atomic mass is 32.1. The van der Waals surface area contributed by atoms with E-state index in [1.54, 1.807) is 18.6 Å². The van der Waals surface area contributed by atoms with Crippen LogP contribution in [0.1, 0.15) is 33.9 Å². The lowest BCUT2D eigenvalue weighted by atomic mass is 10.0. The fraction of sp³-hybridized carbons (Fsp3) is 0.368. The monoisotopic (exact) mass is 382 g/mol. The average Bonchev–Trinajstić information content (AvgIpc) is 3.31. The summed E-state index contributed by atoms with van der Waals surface area (Å²) in [6.07, 6.45) is 9.56. The number of hydrogen-bond donors (Lipinski definition) is 2. The zero-order valence-corrected chi connectivity index (χ0v) is 15.8. The number of Topliss-reactive ketones (excluding diaryl/α,β-unsaturated/α-hetero) is 1. The van der Waals surface area contributed by atoms with Gasteiger partial charge < -0.3 is 16.4 Å². The van der Waals surface area contributed by atoms with Gasteiger partial charge in [-0.3, -0.25) is 14.8 Å². The molecular formula is C19H22N6OS. The Kier molecular flexibility index (Phi) is 5.00. The first-order valence-electron chi connectivity index (χ1n) is 9.05. The van der Waals surface area contributed by atoms with Gasteiger partial charge in [-0.05, 0) is 18.9 Å². The van der Waals surface area contributed by atoms with Crippen LogP contribution in [0.5, 0.6) is 0 Å². The van der Waals surface area contributed by atoms with Crippen molar-refractivity contribution in [2.24, 2.45) is 10.7 Å². The van der Waals surface area contributed by atoms with Crippen molar-refractivity contribution in [3.63, 3.8) is 0 Å². The molecule has 1 fully saturated rings. The van der Waals surface area contributed by atoms with E-state index in [4.69, 9.17) is 11.5 Å². The van der Waals surface area contributed by atoms with Crippen LogP contribution in [-0.4, -0.2) is 47.6 Å². The van der Waals surface area contributed by atoms with E-state index in [0.29, 0.717) is 17.2 Å². The van der Waals surface area contributed by atoms with Gasteiger partial charge in [0.25, 0.3) is 0 Å². The number of nitrogens with two attached hydrogens (primary N) is 2. The third-order valence-electron chi connectivity index (χ3n) is 4.84. The number of aromatic nitrogens is 2. The fourth-order valence-corrected chi connectivity index (χ4v) is 4.36. The number of rotatable bonds is 5. The van der Waals surface area contributed by atoms with E-state index in [0.717, 1.165) is 47.8 Å². The molecule has 4 rings (SSSR count). The van der Waals surface area contributed by atoms with Gasteiger partial charge in [-0.1, -0.05) is 17.4 Å². The van der Waals surface area contributed by atoms with Crippen LogP contribution in [0.4, 0.5) is 10.7 Å². The molecule has 4 N–H and O–H groups in total. The standard InChI is InChI=1S/C19H22N6OS/c20-14-2-1-7-25(11-14)15-4-6-23-10-13(15)8-16(26)17-18(21)27-19(24-17)12-3-5-22-9-12/h3-4,6,9-10,14H,1-2,5,7-8,11,20-21H2/t14-/m0/s1. The number of ketones is 1. The Bertz CT molecular complexity index is 919. The van der Waals surface area contributed by atoms with Gasteiger partial charge >= 0.3 is 0 Å². The summed E-state index contributed by atoms with van der Waals surface area (Å²) < 4.78 is 0. The molecule has 140 valence electrons. The molecule has 27 heavy (non-hydrogen) atoms. The molecule has 7 nitrogen and oxygen atoms in total. The Labute approximate surface area is 161 Å². The van der Waals surface area contributed by atoms with Crippen LogP contribution in [-0.2, 0) is 6.42 Å². The van der Waals surface area contributed by atoms with Gasteiger partial charge in [0.1, 0.15) is 15.7 Å². The van der Waals surface area contributed by atoms with Crippen molar-refractivity contribution in [2.75, 3.05) is 30.3 Å². The third-order valence-corrected chi connectivity index (χ3v) is 5.77. The second-order valence-electron chi connectivity index (χ2n) is 6.84. The van der Waals surface area contributed by atoms with Crippen molar-refractivity contribution < 1.29 is 4.79 Å². The van der Waals surface area contributed by atoms with Crippen molar-refractivity contribution in [3.8, 4) is 0 Å². The molecule has 0 radical (unpaired) electrons. The Morgan fingerprint density at radius 1 is 1.41 bits per heavy atom. The number of hydrogen-bond acceptors (Lipinski definition) is 8. The largest absolute Gasteiger partial charge is 0.389 e. The van der Waals surface area contributed by atoms with Crippen LogP contribution in [0.3, 0.4) is 0 Å². The number of aliphatic imine (C=N–C) groups is 1. The van der Waals surface area contributed by atoms with Crippen LogP contribution in [0.2, 0.25) is 0 Å². The summed E-state index contributed by atoms with van der Waals surface area (Å²) in [5.74, 6) is -0.0962. The van der Waals surface area contributed by atoms with Crippen LogP contribution >= 0.6 is 11.3 Å². The summed E-state index contributed by atoms with van der Waals surface area (Å²) in [7, 11) is 0. The summed E-state index contributed by atoms with van der Waals surface area (Å²) >= 11 is 1.33. The maximum absolute atomic E-state index is 12.9. The third kappa shape index (κ3) is 3.77. The van der Waals surface area contributed by atoms with E-state index in [1.807, 2.05) is 12.1 Å². The number of carbonyl (C=O) groups is 1.